The molecule has 1 amide bonds. The summed E-state index contributed by atoms with van der Waals surface area (Å²) in [4.78, 5) is 22.3. The number of carbonyl (C=O) groups is 2. The van der Waals surface area contributed by atoms with Crippen LogP contribution in [0.15, 0.2) is 17.2 Å². The van der Waals surface area contributed by atoms with Crippen molar-refractivity contribution in [1.82, 2.24) is 9.29 Å². The molecule has 8 nitrogen and oxygen atoms in total. The molecule has 0 radical (unpaired) electrons. The van der Waals surface area contributed by atoms with Gasteiger partial charge in [0.1, 0.15) is 16.1 Å². The summed E-state index contributed by atoms with van der Waals surface area (Å²) in [6.07, 6.45) is 1.39. The number of rotatable bonds is 7. The predicted molar refractivity (Wildman–Crippen MR) is 75.2 cm³/mol. The average molecular weight is 317 g/mol. The number of primary amides is 1. The van der Waals surface area contributed by atoms with E-state index in [0.717, 1.165) is 6.07 Å². The van der Waals surface area contributed by atoms with E-state index >= 15 is 0 Å². The van der Waals surface area contributed by atoms with Gasteiger partial charge in [0, 0.05) is 13.2 Å². The summed E-state index contributed by atoms with van der Waals surface area (Å²) in [5.41, 5.74) is 3.57. The summed E-state index contributed by atoms with van der Waals surface area (Å²) in [6.45, 7) is 3.17. The van der Waals surface area contributed by atoms with Crippen LogP contribution in [0.25, 0.3) is 0 Å². The number of aryl methyl sites for hydroxylation is 1. The van der Waals surface area contributed by atoms with Gasteiger partial charge in [0.2, 0.25) is 10.0 Å². The quantitative estimate of drug-likeness (QED) is 0.653. The third kappa shape index (κ3) is 3.24. The summed E-state index contributed by atoms with van der Waals surface area (Å²) in [5.74, 6) is -2.02. The molecule has 21 heavy (non-hydrogen) atoms. The molecule has 0 saturated carbocycles. The SMILES string of the molecule is CCC(CC)(NS(=O)(=O)c1cc(C(N)=O)n(C)c1)C(=O)O. The van der Waals surface area contributed by atoms with Crippen LogP contribution in [0.3, 0.4) is 0 Å². The van der Waals surface area contributed by atoms with Crippen molar-refractivity contribution in [3.05, 3.63) is 18.0 Å². The summed E-state index contributed by atoms with van der Waals surface area (Å²) in [7, 11) is -2.61. The minimum Gasteiger partial charge on any atom is -0.480 e. The molecule has 1 aromatic heterocycles. The molecule has 9 heteroatoms. The topological polar surface area (TPSA) is 131 Å². The highest BCUT2D eigenvalue weighted by molar-refractivity contribution is 7.89. The molecule has 118 valence electrons. The van der Waals surface area contributed by atoms with Crippen molar-refractivity contribution >= 4 is 21.9 Å². The van der Waals surface area contributed by atoms with Crippen LogP contribution in [0.1, 0.15) is 37.2 Å². The molecule has 0 aliphatic heterocycles. The van der Waals surface area contributed by atoms with Gasteiger partial charge in [-0.2, -0.15) is 4.72 Å². The molecule has 1 rings (SSSR count). The number of sulfonamides is 1. The van der Waals surface area contributed by atoms with E-state index in [4.69, 9.17) is 5.73 Å². The highest BCUT2D eigenvalue weighted by atomic mass is 32.2. The maximum Gasteiger partial charge on any atom is 0.324 e. The Bertz CT molecular complexity index is 658. The highest BCUT2D eigenvalue weighted by Crippen LogP contribution is 2.21. The summed E-state index contributed by atoms with van der Waals surface area (Å²) in [6, 6.07) is 1.11. The minimum absolute atomic E-state index is 0.0179. The normalized spacial score (nSPS) is 12.3. The lowest BCUT2D eigenvalue weighted by atomic mass is 9.95. The number of carboxylic acids is 1. The van der Waals surface area contributed by atoms with Crippen molar-refractivity contribution < 1.29 is 23.1 Å². The number of carboxylic acid groups (broad SMARTS) is 1. The number of hydrogen-bond acceptors (Lipinski definition) is 4. The Morgan fingerprint density at radius 2 is 1.90 bits per heavy atom. The third-order valence-electron chi connectivity index (χ3n) is 3.49. The Morgan fingerprint density at radius 3 is 2.24 bits per heavy atom. The lowest BCUT2D eigenvalue weighted by Crippen LogP contribution is -2.53. The fraction of sp³-hybridized carbons (Fsp3) is 0.500. The number of hydrogen-bond donors (Lipinski definition) is 3. The lowest BCUT2D eigenvalue weighted by molar-refractivity contribution is -0.144. The monoisotopic (exact) mass is 317 g/mol. The molecule has 0 aliphatic rings. The molecule has 1 heterocycles. The molecular formula is C12H19N3O5S. The van der Waals surface area contributed by atoms with Gasteiger partial charge in [0.25, 0.3) is 5.91 Å². The smallest absolute Gasteiger partial charge is 0.324 e. The molecular weight excluding hydrogens is 298 g/mol. The zero-order chi connectivity index (χ0) is 16.4. The average Bonchev–Trinajstić information content (AvgIpc) is 2.79. The van der Waals surface area contributed by atoms with Crippen molar-refractivity contribution in [2.45, 2.75) is 37.1 Å². The van der Waals surface area contributed by atoms with Gasteiger partial charge in [-0.25, -0.2) is 8.42 Å². The molecule has 4 N–H and O–H groups in total. The van der Waals surface area contributed by atoms with Crippen LogP contribution in [0.4, 0.5) is 0 Å². The van der Waals surface area contributed by atoms with Gasteiger partial charge < -0.3 is 15.4 Å². The third-order valence-corrected chi connectivity index (χ3v) is 4.99. The number of carbonyl (C=O) groups excluding carboxylic acids is 1. The number of nitrogens with one attached hydrogen (secondary N) is 1. The van der Waals surface area contributed by atoms with Crippen LogP contribution in [0.5, 0.6) is 0 Å². The van der Waals surface area contributed by atoms with Gasteiger partial charge in [-0.15, -0.1) is 0 Å². The fourth-order valence-corrected chi connectivity index (χ4v) is 3.55. The van der Waals surface area contributed by atoms with Crippen LogP contribution in [-0.4, -0.2) is 35.5 Å². The number of aromatic nitrogens is 1. The number of nitrogens with zero attached hydrogens (tertiary/aromatic N) is 1. The Hall–Kier alpha value is -1.87. The van der Waals surface area contributed by atoms with E-state index in [1.807, 2.05) is 0 Å². The molecule has 0 saturated heterocycles. The Kier molecular flexibility index (Phi) is 4.79. The van der Waals surface area contributed by atoms with Crippen LogP contribution >= 0.6 is 0 Å². The number of aliphatic carboxylic acids is 1. The second-order valence-electron chi connectivity index (χ2n) is 4.74. The van der Waals surface area contributed by atoms with Crippen LogP contribution in [0, 0.1) is 0 Å². The van der Waals surface area contributed by atoms with Gasteiger partial charge in [-0.1, -0.05) is 13.8 Å². The van der Waals surface area contributed by atoms with E-state index in [2.05, 4.69) is 4.72 Å². The standard InChI is InChI=1S/C12H19N3O5S/c1-4-12(5-2,11(17)18)14-21(19,20)8-6-9(10(13)16)15(3)7-8/h6-7,14H,4-5H2,1-3H3,(H2,13,16)(H,17,18). The first-order chi connectivity index (χ1) is 9.59. The molecule has 0 aliphatic carbocycles. The van der Waals surface area contributed by atoms with Crippen molar-refractivity contribution in [2.75, 3.05) is 0 Å². The minimum atomic E-state index is -4.08. The van der Waals surface area contributed by atoms with Crippen molar-refractivity contribution in [3.8, 4) is 0 Å². The lowest BCUT2D eigenvalue weighted by Gasteiger charge is -2.27. The number of amides is 1. The Balaban J connectivity index is 3.26. The molecule has 0 atom stereocenters. The first kappa shape index (κ1) is 17.2. The first-order valence-corrected chi connectivity index (χ1v) is 7.81. The maximum atomic E-state index is 12.3. The summed E-state index contributed by atoms with van der Waals surface area (Å²) < 4.78 is 28.1. The molecule has 1 aromatic rings. The number of nitrogens with two attached hydrogens (primary N) is 1. The van der Waals surface area contributed by atoms with E-state index in [0.29, 0.717) is 0 Å². The van der Waals surface area contributed by atoms with Crippen LogP contribution in [-0.2, 0) is 21.9 Å². The molecule has 0 fully saturated rings. The van der Waals surface area contributed by atoms with Crippen molar-refractivity contribution in [3.63, 3.8) is 0 Å². The fourth-order valence-electron chi connectivity index (χ4n) is 1.98. The second kappa shape index (κ2) is 5.86. The Morgan fingerprint density at radius 1 is 1.38 bits per heavy atom. The van der Waals surface area contributed by atoms with E-state index in [1.165, 1.54) is 17.8 Å². The highest BCUT2D eigenvalue weighted by Gasteiger charge is 2.39. The maximum absolute atomic E-state index is 12.3. The van der Waals surface area contributed by atoms with E-state index in [-0.39, 0.29) is 23.4 Å². The Labute approximate surface area is 123 Å². The molecule has 0 bridgehead atoms. The van der Waals surface area contributed by atoms with Crippen LogP contribution < -0.4 is 10.5 Å². The molecule has 0 unspecified atom stereocenters. The van der Waals surface area contributed by atoms with E-state index < -0.39 is 27.4 Å². The molecule has 0 spiro atoms. The largest absolute Gasteiger partial charge is 0.480 e. The summed E-state index contributed by atoms with van der Waals surface area (Å²) >= 11 is 0. The zero-order valence-electron chi connectivity index (χ0n) is 12.1. The van der Waals surface area contributed by atoms with E-state index in [9.17, 15) is 23.1 Å². The van der Waals surface area contributed by atoms with Crippen LogP contribution in [0.2, 0.25) is 0 Å². The summed E-state index contributed by atoms with van der Waals surface area (Å²) in [5, 5.41) is 9.28. The predicted octanol–water partition coefficient (Wildman–Crippen LogP) is 0.0457. The zero-order valence-corrected chi connectivity index (χ0v) is 12.9. The van der Waals surface area contributed by atoms with Gasteiger partial charge >= 0.3 is 5.97 Å². The van der Waals surface area contributed by atoms with Gasteiger partial charge in [-0.3, -0.25) is 9.59 Å². The van der Waals surface area contributed by atoms with Gasteiger partial charge in [-0.05, 0) is 18.9 Å². The van der Waals surface area contributed by atoms with Crippen molar-refractivity contribution in [2.24, 2.45) is 12.8 Å². The van der Waals surface area contributed by atoms with Gasteiger partial charge in [0.15, 0.2) is 0 Å². The first-order valence-electron chi connectivity index (χ1n) is 6.33. The van der Waals surface area contributed by atoms with Crippen molar-refractivity contribution in [1.29, 1.82) is 0 Å². The molecule has 0 aromatic carbocycles. The second-order valence-corrected chi connectivity index (χ2v) is 6.42. The van der Waals surface area contributed by atoms with E-state index in [1.54, 1.807) is 13.8 Å². The van der Waals surface area contributed by atoms with Gasteiger partial charge in [0.05, 0.1) is 0 Å².